The minimum Gasteiger partial charge on any atom is -0.322 e. The van der Waals surface area contributed by atoms with Crippen LogP contribution < -0.4 is 10.6 Å². The lowest BCUT2D eigenvalue weighted by molar-refractivity contribution is -0.383. The molecule has 2 aromatic heterocycles. The average Bonchev–Trinajstić information content (AvgIpc) is 3.42. The first-order valence-corrected chi connectivity index (χ1v) is 12.6. The summed E-state index contributed by atoms with van der Waals surface area (Å²) in [4.78, 5) is 39.3. The van der Waals surface area contributed by atoms with E-state index in [1.807, 2.05) is 12.1 Å². The average molecular weight is 499 g/mol. The molecule has 2 aromatic carbocycles. The van der Waals surface area contributed by atoms with Crippen LogP contribution in [0.4, 0.5) is 17.1 Å². The van der Waals surface area contributed by atoms with Gasteiger partial charge in [-0.05, 0) is 59.1 Å². The van der Waals surface area contributed by atoms with Crippen LogP contribution in [-0.4, -0.2) is 27.5 Å². The zero-order valence-corrected chi connectivity index (χ0v) is 19.8. The summed E-state index contributed by atoms with van der Waals surface area (Å²) in [6, 6.07) is 11.5. The molecule has 168 valence electrons. The van der Waals surface area contributed by atoms with Crippen LogP contribution in [0, 0.1) is 10.1 Å². The standard InChI is InChI=1S/C22H18N4O4S3/c1-13(27)23-17-4-2-15(10-19(17)26(29)30)21(28)24-16-3-5-18-20(11-16)33-22(25-18)32-9-7-14-6-8-31-12-14/h2-6,8,10-12H,7,9H2,1H3,(H,23,27)(H,24,28). The fourth-order valence-electron chi connectivity index (χ4n) is 3.06. The van der Waals surface area contributed by atoms with Gasteiger partial charge in [0, 0.05) is 30.0 Å². The largest absolute Gasteiger partial charge is 0.322 e. The Morgan fingerprint density at radius 2 is 2.00 bits per heavy atom. The number of anilines is 2. The Balaban J connectivity index is 1.45. The summed E-state index contributed by atoms with van der Waals surface area (Å²) in [7, 11) is 0. The third-order valence-electron chi connectivity index (χ3n) is 4.59. The van der Waals surface area contributed by atoms with Crippen LogP contribution in [0.5, 0.6) is 0 Å². The van der Waals surface area contributed by atoms with Gasteiger partial charge < -0.3 is 10.6 Å². The number of thiophene rings is 1. The summed E-state index contributed by atoms with van der Waals surface area (Å²) in [5.74, 6) is 0.0202. The lowest BCUT2D eigenvalue weighted by atomic mass is 10.1. The van der Waals surface area contributed by atoms with Crippen molar-refractivity contribution in [3.8, 4) is 0 Å². The highest BCUT2D eigenvalue weighted by molar-refractivity contribution is 8.01. The number of nitro groups is 1. The van der Waals surface area contributed by atoms with Crippen LogP contribution in [0.25, 0.3) is 10.2 Å². The van der Waals surface area contributed by atoms with E-state index in [4.69, 9.17) is 0 Å². The van der Waals surface area contributed by atoms with E-state index in [-0.39, 0.29) is 16.9 Å². The predicted molar refractivity (Wildman–Crippen MR) is 134 cm³/mol. The molecular formula is C22H18N4O4S3. The Hall–Kier alpha value is -3.28. The van der Waals surface area contributed by atoms with Crippen molar-refractivity contribution in [1.82, 2.24) is 4.98 Å². The van der Waals surface area contributed by atoms with E-state index in [1.165, 1.54) is 24.6 Å². The van der Waals surface area contributed by atoms with Gasteiger partial charge in [0.25, 0.3) is 11.6 Å². The number of thiazole rings is 1. The Morgan fingerprint density at radius 1 is 1.15 bits per heavy atom. The molecule has 2 amide bonds. The van der Waals surface area contributed by atoms with Gasteiger partial charge >= 0.3 is 0 Å². The van der Waals surface area contributed by atoms with Crippen molar-refractivity contribution < 1.29 is 14.5 Å². The number of carbonyl (C=O) groups is 2. The number of aryl methyl sites for hydroxylation is 1. The van der Waals surface area contributed by atoms with Crippen molar-refractivity contribution in [1.29, 1.82) is 0 Å². The van der Waals surface area contributed by atoms with Crippen molar-refractivity contribution in [2.24, 2.45) is 0 Å². The topological polar surface area (TPSA) is 114 Å². The van der Waals surface area contributed by atoms with Crippen molar-refractivity contribution in [3.05, 3.63) is 74.5 Å². The maximum absolute atomic E-state index is 12.7. The van der Waals surface area contributed by atoms with E-state index in [2.05, 4.69) is 32.4 Å². The van der Waals surface area contributed by atoms with Gasteiger partial charge in [-0.1, -0.05) is 11.8 Å². The second kappa shape index (κ2) is 10.1. The number of aromatic nitrogens is 1. The number of carbonyl (C=O) groups excluding carboxylic acids is 2. The smallest absolute Gasteiger partial charge is 0.293 e. The third kappa shape index (κ3) is 5.75. The number of fused-ring (bicyclic) bond motifs is 1. The Morgan fingerprint density at radius 3 is 2.73 bits per heavy atom. The molecule has 0 spiro atoms. The number of hydrogen-bond acceptors (Lipinski definition) is 8. The molecule has 11 heteroatoms. The van der Waals surface area contributed by atoms with Crippen LogP contribution in [-0.2, 0) is 11.2 Å². The SMILES string of the molecule is CC(=O)Nc1ccc(C(=O)Nc2ccc3nc(SCCc4ccsc4)sc3c2)cc1[N+](=O)[O-]. The minimum absolute atomic E-state index is 0.0409. The number of nitrogens with zero attached hydrogens (tertiary/aromatic N) is 2. The molecule has 8 nitrogen and oxygen atoms in total. The van der Waals surface area contributed by atoms with Gasteiger partial charge in [-0.15, -0.1) is 11.3 Å². The maximum atomic E-state index is 12.7. The van der Waals surface area contributed by atoms with Crippen molar-refractivity contribution in [3.63, 3.8) is 0 Å². The van der Waals surface area contributed by atoms with Gasteiger partial charge in [0.1, 0.15) is 5.69 Å². The van der Waals surface area contributed by atoms with E-state index >= 15 is 0 Å². The van der Waals surface area contributed by atoms with Crippen molar-refractivity contribution in [2.45, 2.75) is 17.7 Å². The molecule has 0 aliphatic rings. The van der Waals surface area contributed by atoms with Crippen LogP contribution in [0.1, 0.15) is 22.8 Å². The van der Waals surface area contributed by atoms with Gasteiger partial charge in [0.15, 0.2) is 4.34 Å². The Labute approximate surface area is 201 Å². The highest BCUT2D eigenvalue weighted by atomic mass is 32.2. The first kappa shape index (κ1) is 22.9. The molecule has 2 heterocycles. The summed E-state index contributed by atoms with van der Waals surface area (Å²) in [5, 5.41) is 20.7. The number of amides is 2. The van der Waals surface area contributed by atoms with E-state index in [9.17, 15) is 19.7 Å². The molecule has 0 saturated carbocycles. The summed E-state index contributed by atoms with van der Waals surface area (Å²) >= 11 is 4.95. The fourth-order valence-corrected chi connectivity index (χ4v) is 5.93. The number of rotatable bonds is 8. The zero-order valence-electron chi connectivity index (χ0n) is 17.4. The Bertz CT molecular complexity index is 1330. The molecule has 0 fully saturated rings. The Kier molecular flexibility index (Phi) is 7.02. The van der Waals surface area contributed by atoms with Crippen LogP contribution in [0.15, 0.2) is 57.6 Å². The quantitative estimate of drug-likeness (QED) is 0.180. The van der Waals surface area contributed by atoms with Gasteiger partial charge in [0.2, 0.25) is 5.91 Å². The van der Waals surface area contributed by atoms with Gasteiger partial charge in [-0.3, -0.25) is 19.7 Å². The number of thioether (sulfide) groups is 1. The first-order chi connectivity index (χ1) is 15.9. The lowest BCUT2D eigenvalue weighted by Crippen LogP contribution is -2.13. The van der Waals surface area contributed by atoms with Gasteiger partial charge in [-0.2, -0.15) is 11.3 Å². The third-order valence-corrected chi connectivity index (χ3v) is 7.49. The molecule has 4 aromatic rings. The number of benzene rings is 2. The molecule has 33 heavy (non-hydrogen) atoms. The molecule has 0 atom stereocenters. The number of nitro benzene ring substituents is 1. The molecule has 0 aliphatic carbocycles. The number of hydrogen-bond donors (Lipinski definition) is 2. The van der Waals surface area contributed by atoms with Crippen LogP contribution in [0.3, 0.4) is 0 Å². The minimum atomic E-state index is -0.636. The number of nitrogens with one attached hydrogen (secondary N) is 2. The summed E-state index contributed by atoms with van der Waals surface area (Å²) < 4.78 is 1.91. The molecule has 0 unspecified atom stereocenters. The molecule has 0 bridgehead atoms. The normalized spacial score (nSPS) is 10.8. The van der Waals surface area contributed by atoms with E-state index in [0.717, 1.165) is 32.8 Å². The maximum Gasteiger partial charge on any atom is 0.293 e. The van der Waals surface area contributed by atoms with Crippen molar-refractivity contribution >= 4 is 73.5 Å². The highest BCUT2D eigenvalue weighted by Crippen LogP contribution is 2.32. The monoisotopic (exact) mass is 498 g/mol. The predicted octanol–water partition coefficient (Wildman–Crippen LogP) is 5.81. The van der Waals surface area contributed by atoms with Gasteiger partial charge in [0.05, 0.1) is 15.1 Å². The van der Waals surface area contributed by atoms with E-state index < -0.39 is 16.7 Å². The summed E-state index contributed by atoms with van der Waals surface area (Å²) in [5.41, 5.74) is 2.55. The van der Waals surface area contributed by atoms with E-state index in [1.54, 1.807) is 40.5 Å². The van der Waals surface area contributed by atoms with Gasteiger partial charge in [-0.25, -0.2) is 4.98 Å². The van der Waals surface area contributed by atoms with Crippen molar-refractivity contribution in [2.75, 3.05) is 16.4 Å². The zero-order chi connectivity index (χ0) is 23.4. The molecule has 0 aliphatic heterocycles. The molecule has 0 radical (unpaired) electrons. The molecular weight excluding hydrogens is 480 g/mol. The second-order valence-corrected chi connectivity index (χ2v) is 10.2. The van der Waals surface area contributed by atoms with E-state index in [0.29, 0.717) is 5.69 Å². The van der Waals surface area contributed by atoms with Crippen LogP contribution in [0.2, 0.25) is 0 Å². The molecule has 2 N–H and O–H groups in total. The molecule has 0 saturated heterocycles. The van der Waals surface area contributed by atoms with Crippen LogP contribution >= 0.6 is 34.4 Å². The first-order valence-electron chi connectivity index (χ1n) is 9.81. The highest BCUT2D eigenvalue weighted by Gasteiger charge is 2.19. The molecule has 4 rings (SSSR count). The summed E-state index contributed by atoms with van der Waals surface area (Å²) in [6.45, 7) is 1.26. The second-order valence-electron chi connectivity index (χ2n) is 7.02. The lowest BCUT2D eigenvalue weighted by Gasteiger charge is -2.08. The fraction of sp³-hybridized carbons (Fsp3) is 0.136. The summed E-state index contributed by atoms with van der Waals surface area (Å²) in [6.07, 6.45) is 0.984.